The Hall–Kier alpha value is -0.0800. The molecule has 18 heavy (non-hydrogen) atoms. The largest absolute Gasteiger partial charge is 0.374 e. The lowest BCUT2D eigenvalue weighted by atomic mass is 9.74. The number of ether oxygens (including phenoxy) is 1. The molecule has 0 aliphatic heterocycles. The van der Waals surface area contributed by atoms with E-state index >= 15 is 0 Å². The lowest BCUT2D eigenvalue weighted by Gasteiger charge is -2.46. The van der Waals surface area contributed by atoms with Gasteiger partial charge in [-0.25, -0.2) is 0 Å². The first kappa shape index (κ1) is 16.0. The minimum atomic E-state index is 0.109. The van der Waals surface area contributed by atoms with Crippen molar-refractivity contribution in [3.05, 3.63) is 0 Å². The summed E-state index contributed by atoms with van der Waals surface area (Å²) in [6.45, 7) is 11.0. The minimum Gasteiger partial charge on any atom is -0.374 e. The van der Waals surface area contributed by atoms with Crippen molar-refractivity contribution in [3.8, 4) is 0 Å². The van der Waals surface area contributed by atoms with E-state index in [0.717, 1.165) is 13.2 Å². The Morgan fingerprint density at radius 2 is 1.78 bits per heavy atom. The van der Waals surface area contributed by atoms with Gasteiger partial charge in [0.25, 0.3) is 0 Å². The third kappa shape index (κ3) is 3.96. The molecule has 2 heteroatoms. The molecule has 0 aromatic heterocycles. The van der Waals surface area contributed by atoms with E-state index in [4.69, 9.17) is 4.74 Å². The third-order valence-corrected chi connectivity index (χ3v) is 4.53. The van der Waals surface area contributed by atoms with Crippen molar-refractivity contribution >= 4 is 0 Å². The maximum Gasteiger partial charge on any atom is 0.0837 e. The van der Waals surface area contributed by atoms with E-state index < -0.39 is 0 Å². The summed E-state index contributed by atoms with van der Waals surface area (Å²) in [5.74, 6) is 0.696. The summed E-state index contributed by atoms with van der Waals surface area (Å²) in [7, 11) is 0. The van der Waals surface area contributed by atoms with Gasteiger partial charge in [-0.15, -0.1) is 0 Å². The molecule has 1 aliphatic carbocycles. The van der Waals surface area contributed by atoms with E-state index in [2.05, 4.69) is 33.0 Å². The molecular weight excluding hydrogens is 222 g/mol. The Labute approximate surface area is 114 Å². The fourth-order valence-corrected chi connectivity index (χ4v) is 3.42. The minimum absolute atomic E-state index is 0.109. The van der Waals surface area contributed by atoms with Crippen molar-refractivity contribution in [1.29, 1.82) is 0 Å². The first-order valence-corrected chi connectivity index (χ1v) is 8.07. The molecule has 0 aromatic rings. The van der Waals surface area contributed by atoms with Gasteiger partial charge < -0.3 is 10.1 Å². The lowest BCUT2D eigenvalue weighted by Crippen LogP contribution is -2.56. The highest BCUT2D eigenvalue weighted by atomic mass is 16.5. The maximum atomic E-state index is 6.29. The van der Waals surface area contributed by atoms with Crippen LogP contribution in [-0.4, -0.2) is 24.8 Å². The number of hydrogen-bond acceptors (Lipinski definition) is 2. The molecule has 1 fully saturated rings. The van der Waals surface area contributed by atoms with Crippen molar-refractivity contribution in [1.82, 2.24) is 5.32 Å². The Balaban J connectivity index is 2.80. The molecule has 0 saturated heterocycles. The van der Waals surface area contributed by atoms with Crippen molar-refractivity contribution in [2.24, 2.45) is 5.92 Å². The first-order valence-electron chi connectivity index (χ1n) is 8.07. The Kier molecular flexibility index (Phi) is 7.25. The highest BCUT2D eigenvalue weighted by molar-refractivity contribution is 4.97. The van der Waals surface area contributed by atoms with Crippen molar-refractivity contribution in [3.63, 3.8) is 0 Å². The van der Waals surface area contributed by atoms with Gasteiger partial charge in [0.15, 0.2) is 0 Å². The quantitative estimate of drug-likeness (QED) is 0.704. The summed E-state index contributed by atoms with van der Waals surface area (Å²) in [5, 5.41) is 3.79. The topological polar surface area (TPSA) is 21.3 Å². The van der Waals surface area contributed by atoms with Gasteiger partial charge >= 0.3 is 0 Å². The molecule has 0 radical (unpaired) electrons. The van der Waals surface area contributed by atoms with Crippen LogP contribution >= 0.6 is 0 Å². The van der Waals surface area contributed by atoms with E-state index in [-0.39, 0.29) is 5.60 Å². The van der Waals surface area contributed by atoms with Crippen LogP contribution < -0.4 is 5.32 Å². The number of hydrogen-bond donors (Lipinski definition) is 1. The second-order valence-electron chi connectivity index (χ2n) is 5.88. The predicted octanol–water partition coefficient (Wildman–Crippen LogP) is 4.14. The van der Waals surface area contributed by atoms with Crippen LogP contribution in [0.25, 0.3) is 0 Å². The fourth-order valence-electron chi connectivity index (χ4n) is 3.42. The number of rotatable bonds is 8. The van der Waals surface area contributed by atoms with Crippen molar-refractivity contribution in [2.45, 2.75) is 84.3 Å². The van der Waals surface area contributed by atoms with Crippen LogP contribution in [0.3, 0.4) is 0 Å². The molecule has 1 rings (SSSR count). The summed E-state index contributed by atoms with van der Waals surface area (Å²) in [4.78, 5) is 0. The molecule has 108 valence electrons. The van der Waals surface area contributed by atoms with Crippen LogP contribution in [0.1, 0.15) is 72.6 Å². The average Bonchev–Trinajstić information content (AvgIpc) is 2.40. The van der Waals surface area contributed by atoms with E-state index in [9.17, 15) is 0 Å². The Morgan fingerprint density at radius 1 is 1.11 bits per heavy atom. The molecule has 1 saturated carbocycles. The molecule has 1 aliphatic rings. The molecule has 1 N–H and O–H groups in total. The van der Waals surface area contributed by atoms with Crippen molar-refractivity contribution in [2.75, 3.05) is 13.2 Å². The predicted molar refractivity (Wildman–Crippen MR) is 79.0 cm³/mol. The zero-order valence-corrected chi connectivity index (χ0v) is 12.9. The Morgan fingerprint density at radius 3 is 2.28 bits per heavy atom. The normalized spacial score (nSPS) is 22.7. The van der Waals surface area contributed by atoms with Crippen LogP contribution in [0.2, 0.25) is 0 Å². The van der Waals surface area contributed by atoms with Crippen LogP contribution in [0.4, 0.5) is 0 Å². The third-order valence-electron chi connectivity index (χ3n) is 4.53. The SMILES string of the molecule is CCCNC(C(C)CC)C1(OCC)CCCCC1. The maximum absolute atomic E-state index is 6.29. The van der Waals surface area contributed by atoms with Crippen LogP contribution in [0.15, 0.2) is 0 Å². The van der Waals surface area contributed by atoms with E-state index in [0.29, 0.717) is 12.0 Å². The monoisotopic (exact) mass is 255 g/mol. The van der Waals surface area contributed by atoms with Crippen LogP contribution in [0, 0.1) is 5.92 Å². The summed E-state index contributed by atoms with van der Waals surface area (Å²) in [5.41, 5.74) is 0.109. The molecule has 0 bridgehead atoms. The fraction of sp³-hybridized carbons (Fsp3) is 1.00. The number of nitrogens with one attached hydrogen (secondary N) is 1. The summed E-state index contributed by atoms with van der Waals surface area (Å²) >= 11 is 0. The average molecular weight is 255 g/mol. The van der Waals surface area contributed by atoms with Gasteiger partial charge in [0.1, 0.15) is 0 Å². The molecule has 0 aromatic carbocycles. The highest BCUT2D eigenvalue weighted by Gasteiger charge is 2.42. The molecule has 0 heterocycles. The van der Waals surface area contributed by atoms with E-state index in [1.807, 2.05) is 0 Å². The molecule has 2 nitrogen and oxygen atoms in total. The van der Waals surface area contributed by atoms with Gasteiger partial charge in [0, 0.05) is 12.6 Å². The van der Waals surface area contributed by atoms with Gasteiger partial charge in [-0.3, -0.25) is 0 Å². The summed E-state index contributed by atoms with van der Waals surface area (Å²) in [6, 6.07) is 0.530. The van der Waals surface area contributed by atoms with Gasteiger partial charge in [-0.2, -0.15) is 0 Å². The second-order valence-corrected chi connectivity index (χ2v) is 5.88. The zero-order chi connectivity index (χ0) is 13.4. The zero-order valence-electron chi connectivity index (χ0n) is 12.9. The van der Waals surface area contributed by atoms with Gasteiger partial charge in [0.2, 0.25) is 0 Å². The summed E-state index contributed by atoms with van der Waals surface area (Å²) < 4.78 is 6.29. The smallest absolute Gasteiger partial charge is 0.0837 e. The van der Waals surface area contributed by atoms with Gasteiger partial charge in [-0.05, 0) is 38.6 Å². The van der Waals surface area contributed by atoms with Crippen LogP contribution in [0.5, 0.6) is 0 Å². The molecule has 2 atom stereocenters. The molecule has 2 unspecified atom stereocenters. The summed E-state index contributed by atoms with van der Waals surface area (Å²) in [6.07, 6.45) is 8.97. The standard InChI is InChI=1S/C16H33NO/c1-5-13-17-15(14(4)6-2)16(18-7-3)11-9-8-10-12-16/h14-15,17H,5-13H2,1-4H3. The van der Waals surface area contributed by atoms with Gasteiger partial charge in [0.05, 0.1) is 5.60 Å². The van der Waals surface area contributed by atoms with Gasteiger partial charge in [-0.1, -0.05) is 46.5 Å². The van der Waals surface area contributed by atoms with E-state index in [1.165, 1.54) is 44.9 Å². The second kappa shape index (κ2) is 8.16. The first-order chi connectivity index (χ1) is 8.70. The Bertz CT molecular complexity index is 206. The highest BCUT2D eigenvalue weighted by Crippen LogP contribution is 2.37. The van der Waals surface area contributed by atoms with Crippen LogP contribution in [-0.2, 0) is 4.74 Å². The lowest BCUT2D eigenvalue weighted by molar-refractivity contribution is -0.101. The van der Waals surface area contributed by atoms with E-state index in [1.54, 1.807) is 0 Å². The molecule has 0 amide bonds. The van der Waals surface area contributed by atoms with Crippen molar-refractivity contribution < 1.29 is 4.74 Å². The molecular formula is C16H33NO. The molecule has 0 spiro atoms.